The van der Waals surface area contributed by atoms with Crippen LogP contribution in [0.1, 0.15) is 38.5 Å². The third kappa shape index (κ3) is 3.80. The van der Waals surface area contributed by atoms with Crippen molar-refractivity contribution in [3.8, 4) is 0 Å². The first-order valence-corrected chi connectivity index (χ1v) is 7.23. The van der Waals surface area contributed by atoms with E-state index in [9.17, 15) is 4.79 Å². The van der Waals surface area contributed by atoms with E-state index in [1.54, 1.807) is 6.20 Å². The van der Waals surface area contributed by atoms with Gasteiger partial charge in [-0.1, -0.05) is 0 Å². The number of hydrogen-bond acceptors (Lipinski definition) is 3. The van der Waals surface area contributed by atoms with Crippen LogP contribution < -0.4 is 5.32 Å². The Morgan fingerprint density at radius 1 is 1.42 bits per heavy atom. The zero-order chi connectivity index (χ0) is 13.1. The second-order valence-electron chi connectivity index (χ2n) is 5.64. The molecule has 1 aromatic rings. The van der Waals surface area contributed by atoms with Gasteiger partial charge in [-0.3, -0.25) is 9.48 Å². The molecule has 1 N–H and O–H groups in total. The molecular weight excluding hydrogens is 242 g/mol. The first-order chi connectivity index (χ1) is 9.29. The number of ether oxygens (including phenoxy) is 1. The van der Waals surface area contributed by atoms with Gasteiger partial charge in [-0.25, -0.2) is 0 Å². The van der Waals surface area contributed by atoms with Crippen molar-refractivity contribution < 1.29 is 9.53 Å². The van der Waals surface area contributed by atoms with Crippen LogP contribution in [0.2, 0.25) is 0 Å². The van der Waals surface area contributed by atoms with Gasteiger partial charge in [0.25, 0.3) is 0 Å². The number of hydrogen-bond donors (Lipinski definition) is 1. The molecule has 2 fully saturated rings. The van der Waals surface area contributed by atoms with Gasteiger partial charge in [0.1, 0.15) is 0 Å². The molecule has 2 aliphatic rings. The molecule has 1 aliphatic heterocycles. The molecular formula is C14H21N3O2. The van der Waals surface area contributed by atoms with E-state index in [0.717, 1.165) is 31.7 Å². The lowest BCUT2D eigenvalue weighted by molar-refractivity contribution is -0.116. The minimum atomic E-state index is 0.107. The molecule has 0 aromatic carbocycles. The minimum Gasteiger partial charge on any atom is -0.376 e. The van der Waals surface area contributed by atoms with Gasteiger partial charge >= 0.3 is 0 Å². The molecule has 104 valence electrons. The fraction of sp³-hybridized carbons (Fsp3) is 0.714. The molecule has 3 rings (SSSR count). The second-order valence-corrected chi connectivity index (χ2v) is 5.64. The van der Waals surface area contributed by atoms with Crippen LogP contribution in [-0.4, -0.2) is 28.4 Å². The third-order valence-electron chi connectivity index (χ3n) is 3.75. The molecule has 1 aliphatic carbocycles. The summed E-state index contributed by atoms with van der Waals surface area (Å²) in [4.78, 5) is 11.7. The molecule has 1 saturated heterocycles. The number of carbonyl (C=O) groups excluding carboxylic acids is 1. The number of nitrogens with one attached hydrogen (secondary N) is 1. The van der Waals surface area contributed by atoms with Crippen LogP contribution in [-0.2, 0) is 16.1 Å². The predicted octanol–water partition coefficient (Wildman–Crippen LogP) is 2.19. The summed E-state index contributed by atoms with van der Waals surface area (Å²) in [5.74, 6) is 0.724. The Hall–Kier alpha value is -1.36. The summed E-state index contributed by atoms with van der Waals surface area (Å²) in [5, 5.41) is 7.19. The number of carbonyl (C=O) groups is 1. The highest BCUT2D eigenvalue weighted by Gasteiger charge is 2.24. The van der Waals surface area contributed by atoms with Gasteiger partial charge in [0.15, 0.2) is 0 Å². The Labute approximate surface area is 113 Å². The van der Waals surface area contributed by atoms with E-state index in [-0.39, 0.29) is 12.0 Å². The highest BCUT2D eigenvalue weighted by atomic mass is 16.5. The monoisotopic (exact) mass is 263 g/mol. The van der Waals surface area contributed by atoms with E-state index < -0.39 is 0 Å². The standard InChI is InChI=1S/C14H21N3O2/c18-14(7-11-4-5-11)16-12-8-15-17(9-12)10-13-3-1-2-6-19-13/h8-9,11,13H,1-7,10H2,(H,16,18). The van der Waals surface area contributed by atoms with Crippen molar-refractivity contribution in [3.63, 3.8) is 0 Å². The van der Waals surface area contributed by atoms with E-state index in [1.165, 1.54) is 19.3 Å². The average molecular weight is 263 g/mol. The first-order valence-electron chi connectivity index (χ1n) is 7.23. The fourth-order valence-corrected chi connectivity index (χ4v) is 2.48. The zero-order valence-corrected chi connectivity index (χ0v) is 11.2. The van der Waals surface area contributed by atoms with Crippen LogP contribution in [0.15, 0.2) is 12.4 Å². The maximum Gasteiger partial charge on any atom is 0.224 e. The maximum absolute atomic E-state index is 11.7. The van der Waals surface area contributed by atoms with Crippen molar-refractivity contribution in [3.05, 3.63) is 12.4 Å². The first kappa shape index (κ1) is 12.7. The number of aromatic nitrogens is 2. The van der Waals surface area contributed by atoms with E-state index in [1.807, 2.05) is 10.9 Å². The minimum absolute atomic E-state index is 0.107. The van der Waals surface area contributed by atoms with E-state index in [0.29, 0.717) is 12.3 Å². The SMILES string of the molecule is O=C(CC1CC1)Nc1cnn(CC2CCCCO2)c1. The van der Waals surface area contributed by atoms with Crippen LogP contribution in [0.25, 0.3) is 0 Å². The Morgan fingerprint density at radius 3 is 3.05 bits per heavy atom. The van der Waals surface area contributed by atoms with Crippen LogP contribution in [0.5, 0.6) is 0 Å². The summed E-state index contributed by atoms with van der Waals surface area (Å²) in [7, 11) is 0. The van der Waals surface area contributed by atoms with Crippen LogP contribution in [0, 0.1) is 5.92 Å². The summed E-state index contributed by atoms with van der Waals surface area (Å²) in [6, 6.07) is 0. The summed E-state index contributed by atoms with van der Waals surface area (Å²) >= 11 is 0. The van der Waals surface area contributed by atoms with Gasteiger partial charge in [-0.2, -0.15) is 5.10 Å². The van der Waals surface area contributed by atoms with Gasteiger partial charge in [0.2, 0.25) is 5.91 Å². The lowest BCUT2D eigenvalue weighted by atomic mass is 10.1. The summed E-state index contributed by atoms with van der Waals surface area (Å²) in [5.41, 5.74) is 0.793. The summed E-state index contributed by atoms with van der Waals surface area (Å²) in [6.45, 7) is 1.63. The van der Waals surface area contributed by atoms with Gasteiger partial charge in [-0.05, 0) is 38.0 Å². The van der Waals surface area contributed by atoms with Crippen molar-refractivity contribution in [2.45, 2.75) is 51.2 Å². The zero-order valence-electron chi connectivity index (χ0n) is 11.2. The van der Waals surface area contributed by atoms with E-state index in [4.69, 9.17) is 4.74 Å². The molecule has 5 heteroatoms. The molecule has 1 unspecified atom stereocenters. The smallest absolute Gasteiger partial charge is 0.224 e. The lowest BCUT2D eigenvalue weighted by Gasteiger charge is -2.22. The largest absolute Gasteiger partial charge is 0.376 e. The quantitative estimate of drug-likeness (QED) is 0.886. The Morgan fingerprint density at radius 2 is 2.32 bits per heavy atom. The molecule has 5 nitrogen and oxygen atoms in total. The molecule has 1 atom stereocenters. The van der Waals surface area contributed by atoms with Crippen molar-refractivity contribution in [2.24, 2.45) is 5.92 Å². The Bertz CT molecular complexity index is 434. The van der Waals surface area contributed by atoms with E-state index >= 15 is 0 Å². The molecule has 0 bridgehead atoms. The maximum atomic E-state index is 11.7. The number of anilines is 1. The predicted molar refractivity (Wildman–Crippen MR) is 71.8 cm³/mol. The van der Waals surface area contributed by atoms with Crippen LogP contribution >= 0.6 is 0 Å². The number of amides is 1. The molecule has 19 heavy (non-hydrogen) atoms. The fourth-order valence-electron chi connectivity index (χ4n) is 2.48. The van der Waals surface area contributed by atoms with Crippen LogP contribution in [0.3, 0.4) is 0 Å². The number of rotatable bonds is 5. The van der Waals surface area contributed by atoms with Crippen LogP contribution in [0.4, 0.5) is 5.69 Å². The molecule has 1 amide bonds. The topological polar surface area (TPSA) is 56.2 Å². The highest BCUT2D eigenvalue weighted by molar-refractivity contribution is 5.90. The third-order valence-corrected chi connectivity index (χ3v) is 3.75. The summed E-state index contributed by atoms with van der Waals surface area (Å²) < 4.78 is 7.55. The van der Waals surface area contributed by atoms with Crippen molar-refractivity contribution in [2.75, 3.05) is 11.9 Å². The second kappa shape index (κ2) is 5.74. The molecule has 0 spiro atoms. The lowest BCUT2D eigenvalue weighted by Crippen LogP contribution is -2.24. The molecule has 2 heterocycles. The van der Waals surface area contributed by atoms with Gasteiger partial charge < -0.3 is 10.1 Å². The van der Waals surface area contributed by atoms with Gasteiger partial charge in [-0.15, -0.1) is 0 Å². The Balaban J connectivity index is 1.48. The number of nitrogens with zero attached hydrogens (tertiary/aromatic N) is 2. The molecule has 1 saturated carbocycles. The van der Waals surface area contributed by atoms with Crippen molar-refractivity contribution in [1.82, 2.24) is 9.78 Å². The highest BCUT2D eigenvalue weighted by Crippen LogP contribution is 2.32. The average Bonchev–Trinajstić information content (AvgIpc) is 3.11. The van der Waals surface area contributed by atoms with Gasteiger partial charge in [0, 0.05) is 19.2 Å². The van der Waals surface area contributed by atoms with Crippen molar-refractivity contribution >= 4 is 11.6 Å². The van der Waals surface area contributed by atoms with Crippen molar-refractivity contribution in [1.29, 1.82) is 0 Å². The Kier molecular flexibility index (Phi) is 3.82. The summed E-state index contributed by atoms with van der Waals surface area (Å²) in [6.07, 6.45) is 10.4. The normalized spacial score (nSPS) is 23.3. The van der Waals surface area contributed by atoms with Gasteiger partial charge in [0.05, 0.1) is 24.5 Å². The molecule has 0 radical (unpaired) electrons. The molecule has 1 aromatic heterocycles. The van der Waals surface area contributed by atoms with E-state index in [2.05, 4.69) is 10.4 Å².